The first-order valence-electron chi connectivity index (χ1n) is 11.9. The number of likely N-dealkylation sites (tertiary alicyclic amines) is 1. The minimum atomic E-state index is -1.04. The Morgan fingerprint density at radius 2 is 2.03 bits per heavy atom. The van der Waals surface area contributed by atoms with Crippen LogP contribution in [-0.2, 0) is 27.2 Å². The molecule has 1 unspecified atom stereocenters. The van der Waals surface area contributed by atoms with Crippen molar-refractivity contribution in [2.45, 2.75) is 51.0 Å². The summed E-state index contributed by atoms with van der Waals surface area (Å²) >= 11 is 0. The highest BCUT2D eigenvalue weighted by Gasteiger charge is 2.26. The number of carbonyl (C=O) groups is 3. The Hall–Kier alpha value is -3.49. The molecule has 34 heavy (non-hydrogen) atoms. The molecule has 2 aromatic heterocycles. The molecule has 2 aromatic rings. The molecule has 0 radical (unpaired) electrons. The number of carboxylic acids is 1. The number of fused-ring (bicyclic) bond motifs is 1. The lowest BCUT2D eigenvalue weighted by molar-refractivity contribution is -0.138. The van der Waals surface area contributed by atoms with E-state index in [1.165, 1.54) is 11.8 Å². The van der Waals surface area contributed by atoms with Crippen LogP contribution < -0.4 is 10.6 Å². The van der Waals surface area contributed by atoms with Gasteiger partial charge in [0, 0.05) is 37.7 Å². The van der Waals surface area contributed by atoms with Crippen molar-refractivity contribution < 1.29 is 19.5 Å². The molecule has 0 aliphatic carbocycles. The average Bonchev–Trinajstić information content (AvgIpc) is 2.84. The molecule has 4 heterocycles. The molecule has 0 aromatic carbocycles. The van der Waals surface area contributed by atoms with Crippen molar-refractivity contribution >= 4 is 23.6 Å². The molecule has 180 valence electrons. The highest BCUT2D eigenvalue weighted by atomic mass is 16.4. The van der Waals surface area contributed by atoms with Gasteiger partial charge in [-0.25, -0.2) is 4.98 Å². The van der Waals surface area contributed by atoms with Crippen molar-refractivity contribution in [1.29, 1.82) is 0 Å². The Morgan fingerprint density at radius 3 is 2.76 bits per heavy atom. The van der Waals surface area contributed by atoms with Crippen molar-refractivity contribution in [3.8, 4) is 0 Å². The summed E-state index contributed by atoms with van der Waals surface area (Å²) in [7, 11) is 0. The van der Waals surface area contributed by atoms with Crippen LogP contribution in [0.3, 0.4) is 0 Å². The summed E-state index contributed by atoms with van der Waals surface area (Å²) in [6.07, 6.45) is 7.38. The Morgan fingerprint density at radius 1 is 1.21 bits per heavy atom. The molecule has 0 saturated carbocycles. The minimum absolute atomic E-state index is 0.229. The number of amides is 2. The predicted octanol–water partition coefficient (Wildman–Crippen LogP) is 2.34. The van der Waals surface area contributed by atoms with E-state index in [0.717, 1.165) is 50.2 Å². The summed E-state index contributed by atoms with van der Waals surface area (Å²) in [4.78, 5) is 46.9. The number of carboxylic acid groups (broad SMARTS) is 1. The van der Waals surface area contributed by atoms with Crippen LogP contribution in [0.2, 0.25) is 0 Å². The quantitative estimate of drug-likeness (QED) is 0.511. The van der Waals surface area contributed by atoms with Gasteiger partial charge in [-0.1, -0.05) is 12.1 Å². The Kier molecular flexibility index (Phi) is 7.72. The summed E-state index contributed by atoms with van der Waals surface area (Å²) in [5.74, 6) is -0.278. The van der Waals surface area contributed by atoms with E-state index in [4.69, 9.17) is 4.98 Å². The van der Waals surface area contributed by atoms with Crippen LogP contribution in [0, 0.1) is 5.92 Å². The van der Waals surface area contributed by atoms with Gasteiger partial charge in [0.2, 0.25) is 11.8 Å². The monoisotopic (exact) mass is 465 g/mol. The van der Waals surface area contributed by atoms with E-state index in [9.17, 15) is 19.5 Å². The zero-order chi connectivity index (χ0) is 23.9. The molecule has 1 atom stereocenters. The Balaban J connectivity index is 1.25. The van der Waals surface area contributed by atoms with E-state index >= 15 is 0 Å². The maximum absolute atomic E-state index is 12.7. The van der Waals surface area contributed by atoms with Gasteiger partial charge in [0.1, 0.15) is 12.2 Å². The van der Waals surface area contributed by atoms with Gasteiger partial charge in [0.15, 0.2) is 0 Å². The molecule has 0 spiro atoms. The van der Waals surface area contributed by atoms with E-state index in [1.807, 2.05) is 0 Å². The number of hydrogen-bond donors (Lipinski definition) is 3. The number of nitrogens with zero attached hydrogens (tertiary/aromatic N) is 3. The second kappa shape index (κ2) is 11.1. The van der Waals surface area contributed by atoms with Crippen molar-refractivity contribution in [2.75, 3.05) is 25.0 Å². The number of anilines is 1. The van der Waals surface area contributed by atoms with Crippen LogP contribution in [0.15, 0.2) is 36.7 Å². The van der Waals surface area contributed by atoms with Crippen LogP contribution >= 0.6 is 0 Å². The first-order valence-corrected chi connectivity index (χ1v) is 11.9. The largest absolute Gasteiger partial charge is 0.481 e. The molecule has 2 aliphatic rings. The van der Waals surface area contributed by atoms with Crippen LogP contribution in [0.4, 0.5) is 5.82 Å². The normalized spacial score (nSPS) is 16.8. The second-order valence-electron chi connectivity index (χ2n) is 9.05. The second-order valence-corrected chi connectivity index (χ2v) is 9.05. The molecule has 4 rings (SSSR count). The molecule has 2 aliphatic heterocycles. The van der Waals surface area contributed by atoms with Gasteiger partial charge < -0.3 is 20.6 Å². The van der Waals surface area contributed by atoms with E-state index < -0.39 is 17.9 Å². The molecule has 9 heteroatoms. The van der Waals surface area contributed by atoms with Gasteiger partial charge in [0.25, 0.3) is 0 Å². The number of nitrogens with one attached hydrogen (secondary N) is 2. The highest BCUT2D eigenvalue weighted by Crippen LogP contribution is 2.25. The Labute approximate surface area is 199 Å². The molecular formula is C25H31N5O4. The number of hydrogen-bond acceptors (Lipinski definition) is 6. The van der Waals surface area contributed by atoms with E-state index in [2.05, 4.69) is 27.8 Å². The fourth-order valence-electron chi connectivity index (χ4n) is 4.67. The van der Waals surface area contributed by atoms with Crippen molar-refractivity contribution in [2.24, 2.45) is 5.92 Å². The molecule has 1 saturated heterocycles. The van der Waals surface area contributed by atoms with Crippen LogP contribution in [-0.4, -0.2) is 57.4 Å². The van der Waals surface area contributed by atoms with Crippen LogP contribution in [0.1, 0.15) is 55.0 Å². The first-order chi connectivity index (χ1) is 16.5. The van der Waals surface area contributed by atoms with Crippen molar-refractivity contribution in [3.05, 3.63) is 53.5 Å². The highest BCUT2D eigenvalue weighted by molar-refractivity contribution is 5.97. The molecule has 9 nitrogen and oxygen atoms in total. The SMILES string of the molecule is O=C(O)CC(NC(=O)CC(=O)N1CCC(Cc2ccc3c(n2)NCCC3)CC1)c1cccnc1. The lowest BCUT2D eigenvalue weighted by atomic mass is 9.91. The van der Waals surface area contributed by atoms with E-state index in [1.54, 1.807) is 23.2 Å². The minimum Gasteiger partial charge on any atom is -0.481 e. The van der Waals surface area contributed by atoms with Crippen LogP contribution in [0.25, 0.3) is 0 Å². The zero-order valence-electron chi connectivity index (χ0n) is 19.2. The molecule has 3 N–H and O–H groups in total. The number of piperidine rings is 1. The van der Waals surface area contributed by atoms with Crippen molar-refractivity contribution in [1.82, 2.24) is 20.2 Å². The van der Waals surface area contributed by atoms with E-state index in [0.29, 0.717) is 24.6 Å². The standard InChI is InChI=1S/C25H31N5O4/c31-22(29-21(14-24(33)34)19-4-1-9-26-16-19)15-23(32)30-11-7-17(8-12-30)13-20-6-5-18-3-2-10-27-25(18)28-20/h1,4-6,9,16-17,21H,2-3,7-8,10-15H2,(H,27,28)(H,29,31)(H,33,34). The number of pyridine rings is 2. The summed E-state index contributed by atoms with van der Waals surface area (Å²) in [6.45, 7) is 2.19. The maximum atomic E-state index is 12.7. The van der Waals surface area contributed by atoms with Gasteiger partial charge in [-0.2, -0.15) is 0 Å². The van der Waals surface area contributed by atoms with Crippen molar-refractivity contribution in [3.63, 3.8) is 0 Å². The lowest BCUT2D eigenvalue weighted by Gasteiger charge is -2.32. The summed E-state index contributed by atoms with van der Waals surface area (Å²) in [5, 5.41) is 15.2. The topological polar surface area (TPSA) is 125 Å². The molecule has 0 bridgehead atoms. The summed E-state index contributed by atoms with van der Waals surface area (Å²) < 4.78 is 0. The average molecular weight is 466 g/mol. The zero-order valence-corrected chi connectivity index (χ0v) is 19.2. The third kappa shape index (κ3) is 6.30. The maximum Gasteiger partial charge on any atom is 0.305 e. The number of carbonyl (C=O) groups excluding carboxylic acids is 2. The summed E-state index contributed by atoms with van der Waals surface area (Å²) in [5.41, 5.74) is 2.96. The van der Waals surface area contributed by atoms with Gasteiger partial charge in [0.05, 0.1) is 12.5 Å². The Bertz CT molecular complexity index is 1020. The predicted molar refractivity (Wildman–Crippen MR) is 126 cm³/mol. The first kappa shape index (κ1) is 23.7. The fraction of sp³-hybridized carbons (Fsp3) is 0.480. The lowest BCUT2D eigenvalue weighted by Crippen LogP contribution is -2.41. The van der Waals surface area contributed by atoms with Crippen LogP contribution in [0.5, 0.6) is 0 Å². The third-order valence-electron chi connectivity index (χ3n) is 6.53. The number of aromatic nitrogens is 2. The number of aliphatic carboxylic acids is 1. The van der Waals surface area contributed by atoms with E-state index in [-0.39, 0.29) is 18.7 Å². The summed E-state index contributed by atoms with van der Waals surface area (Å²) in [6, 6.07) is 6.95. The molecule has 2 amide bonds. The van der Waals surface area contributed by atoms with Gasteiger partial charge >= 0.3 is 5.97 Å². The fourth-order valence-corrected chi connectivity index (χ4v) is 4.67. The van der Waals surface area contributed by atoms with Gasteiger partial charge in [-0.15, -0.1) is 0 Å². The van der Waals surface area contributed by atoms with Gasteiger partial charge in [-0.05, 0) is 61.3 Å². The molecular weight excluding hydrogens is 434 g/mol. The number of rotatable bonds is 8. The smallest absolute Gasteiger partial charge is 0.305 e. The third-order valence-corrected chi connectivity index (χ3v) is 6.53. The molecule has 1 fully saturated rings. The number of aryl methyl sites for hydroxylation is 1. The van der Waals surface area contributed by atoms with Gasteiger partial charge in [-0.3, -0.25) is 19.4 Å².